The molecule has 1 fully saturated rings. The molecule has 0 radical (unpaired) electrons. The Labute approximate surface area is 135 Å². The second kappa shape index (κ2) is 7.10. The van der Waals surface area contributed by atoms with Crippen molar-refractivity contribution in [1.29, 1.82) is 0 Å². The van der Waals surface area contributed by atoms with Crippen LogP contribution in [0.25, 0.3) is 11.0 Å². The predicted octanol–water partition coefficient (Wildman–Crippen LogP) is 2.17. The lowest BCUT2D eigenvalue weighted by molar-refractivity contribution is -0.121. The van der Waals surface area contributed by atoms with Crippen LogP contribution in [0.4, 0.5) is 5.95 Å². The number of aromatic nitrogens is 2. The van der Waals surface area contributed by atoms with E-state index in [4.69, 9.17) is 4.74 Å². The second-order valence-electron chi connectivity index (χ2n) is 6.06. The molecule has 2 N–H and O–H groups in total. The van der Waals surface area contributed by atoms with Crippen LogP contribution in [0, 0.1) is 5.92 Å². The molecule has 1 aliphatic rings. The van der Waals surface area contributed by atoms with Gasteiger partial charge in [-0.3, -0.25) is 10.1 Å². The maximum atomic E-state index is 12.5. The molecule has 23 heavy (non-hydrogen) atoms. The Bertz CT molecular complexity index is 675. The molecule has 0 saturated heterocycles. The summed E-state index contributed by atoms with van der Waals surface area (Å²) in [6.45, 7) is 1.19. The molecule has 1 amide bonds. The first-order valence-corrected chi connectivity index (χ1v) is 8.12. The van der Waals surface area contributed by atoms with E-state index in [1.807, 2.05) is 28.8 Å². The lowest BCUT2D eigenvalue weighted by Gasteiger charge is -2.24. The number of aliphatic hydroxyl groups excluding tert-OH is 1. The van der Waals surface area contributed by atoms with Crippen molar-refractivity contribution >= 4 is 22.9 Å². The summed E-state index contributed by atoms with van der Waals surface area (Å²) < 4.78 is 7.14. The van der Waals surface area contributed by atoms with Crippen LogP contribution in [-0.2, 0) is 16.1 Å². The molecule has 6 heteroatoms. The van der Waals surface area contributed by atoms with Gasteiger partial charge >= 0.3 is 0 Å². The number of nitrogens with one attached hydrogen (secondary N) is 1. The van der Waals surface area contributed by atoms with E-state index in [1.54, 1.807) is 7.11 Å². The molecule has 0 unspecified atom stereocenters. The fourth-order valence-electron chi connectivity index (χ4n) is 3.13. The van der Waals surface area contributed by atoms with E-state index >= 15 is 0 Å². The third kappa shape index (κ3) is 3.54. The zero-order valence-electron chi connectivity index (χ0n) is 13.4. The van der Waals surface area contributed by atoms with Gasteiger partial charge in [0, 0.05) is 19.6 Å². The number of carbonyl (C=O) groups excluding carboxylic acids is 1. The largest absolute Gasteiger partial charge is 0.393 e. The van der Waals surface area contributed by atoms with E-state index in [0.717, 1.165) is 23.9 Å². The van der Waals surface area contributed by atoms with Gasteiger partial charge in [0.2, 0.25) is 11.9 Å². The zero-order chi connectivity index (χ0) is 16.2. The Morgan fingerprint density at radius 1 is 1.35 bits per heavy atom. The summed E-state index contributed by atoms with van der Waals surface area (Å²) in [4.78, 5) is 17.0. The molecule has 1 heterocycles. The number of hydrogen-bond acceptors (Lipinski definition) is 4. The highest BCUT2D eigenvalue weighted by molar-refractivity contribution is 5.93. The number of para-hydroxylation sites is 2. The lowest BCUT2D eigenvalue weighted by Crippen LogP contribution is -2.29. The number of carbonyl (C=O) groups is 1. The number of anilines is 1. The Hall–Kier alpha value is -1.92. The second-order valence-corrected chi connectivity index (χ2v) is 6.06. The van der Waals surface area contributed by atoms with Crippen molar-refractivity contribution in [2.75, 3.05) is 19.0 Å². The number of ether oxygens (including phenoxy) is 1. The number of aliphatic hydroxyl groups is 1. The first kappa shape index (κ1) is 16.0. The highest BCUT2D eigenvalue weighted by Gasteiger charge is 2.26. The Balaban J connectivity index is 1.79. The van der Waals surface area contributed by atoms with Crippen LogP contribution < -0.4 is 5.32 Å². The van der Waals surface area contributed by atoms with E-state index in [-0.39, 0.29) is 17.9 Å². The fraction of sp³-hybridized carbons (Fsp3) is 0.529. The fourth-order valence-corrected chi connectivity index (χ4v) is 3.13. The molecule has 124 valence electrons. The van der Waals surface area contributed by atoms with Gasteiger partial charge in [-0.05, 0) is 37.8 Å². The molecule has 6 nitrogen and oxygen atoms in total. The number of nitrogens with zero attached hydrogens (tertiary/aromatic N) is 2. The summed E-state index contributed by atoms with van der Waals surface area (Å²) in [6.07, 6.45) is 2.58. The van der Waals surface area contributed by atoms with Crippen LogP contribution in [-0.4, -0.2) is 40.4 Å². The first-order valence-electron chi connectivity index (χ1n) is 8.12. The summed E-state index contributed by atoms with van der Waals surface area (Å²) >= 11 is 0. The molecule has 0 spiro atoms. The SMILES string of the molecule is COCCn1c(NC(=O)C2CCC(O)CC2)nc2ccccc21. The average molecular weight is 317 g/mol. The van der Waals surface area contributed by atoms with Crippen molar-refractivity contribution < 1.29 is 14.6 Å². The number of rotatable bonds is 5. The van der Waals surface area contributed by atoms with Gasteiger partial charge in [-0.2, -0.15) is 0 Å². The molecule has 1 aromatic heterocycles. The van der Waals surface area contributed by atoms with Crippen LogP contribution in [0.15, 0.2) is 24.3 Å². The number of imidazole rings is 1. The molecule has 0 atom stereocenters. The smallest absolute Gasteiger partial charge is 0.229 e. The van der Waals surface area contributed by atoms with Crippen molar-refractivity contribution in [2.45, 2.75) is 38.3 Å². The van der Waals surface area contributed by atoms with E-state index in [1.165, 1.54) is 0 Å². The quantitative estimate of drug-likeness (QED) is 0.886. The van der Waals surface area contributed by atoms with Crippen molar-refractivity contribution in [2.24, 2.45) is 5.92 Å². The summed E-state index contributed by atoms with van der Waals surface area (Å²) in [5, 5.41) is 12.5. The molecule has 1 aliphatic carbocycles. The van der Waals surface area contributed by atoms with Gasteiger partial charge in [0.1, 0.15) is 0 Å². The molecule has 1 saturated carbocycles. The van der Waals surface area contributed by atoms with E-state index in [2.05, 4.69) is 10.3 Å². The topological polar surface area (TPSA) is 76.4 Å². The van der Waals surface area contributed by atoms with Crippen molar-refractivity contribution in [3.05, 3.63) is 24.3 Å². The Morgan fingerprint density at radius 3 is 2.83 bits per heavy atom. The highest BCUT2D eigenvalue weighted by Crippen LogP contribution is 2.26. The van der Waals surface area contributed by atoms with Gasteiger partial charge in [0.25, 0.3) is 0 Å². The summed E-state index contributed by atoms with van der Waals surface area (Å²) in [6, 6.07) is 7.82. The van der Waals surface area contributed by atoms with Gasteiger partial charge in [-0.15, -0.1) is 0 Å². The van der Waals surface area contributed by atoms with E-state index in [0.29, 0.717) is 31.9 Å². The van der Waals surface area contributed by atoms with E-state index in [9.17, 15) is 9.90 Å². The van der Waals surface area contributed by atoms with Gasteiger partial charge in [0.15, 0.2) is 0 Å². The van der Waals surface area contributed by atoms with Crippen molar-refractivity contribution in [1.82, 2.24) is 9.55 Å². The van der Waals surface area contributed by atoms with E-state index < -0.39 is 0 Å². The number of fused-ring (bicyclic) bond motifs is 1. The third-order valence-electron chi connectivity index (χ3n) is 4.48. The van der Waals surface area contributed by atoms with Crippen LogP contribution in [0.2, 0.25) is 0 Å². The first-order chi connectivity index (χ1) is 11.2. The summed E-state index contributed by atoms with van der Waals surface area (Å²) in [7, 11) is 1.66. The van der Waals surface area contributed by atoms with Gasteiger partial charge in [-0.1, -0.05) is 12.1 Å². The van der Waals surface area contributed by atoms with Gasteiger partial charge in [0.05, 0.1) is 23.7 Å². The maximum Gasteiger partial charge on any atom is 0.229 e. The predicted molar refractivity (Wildman–Crippen MR) is 88.2 cm³/mol. The number of methoxy groups -OCH3 is 1. The summed E-state index contributed by atoms with van der Waals surface area (Å²) in [5.74, 6) is 0.513. The van der Waals surface area contributed by atoms with Crippen molar-refractivity contribution in [3.63, 3.8) is 0 Å². The monoisotopic (exact) mass is 317 g/mol. The number of hydrogen-bond donors (Lipinski definition) is 2. The third-order valence-corrected chi connectivity index (χ3v) is 4.48. The van der Waals surface area contributed by atoms with Gasteiger partial charge in [-0.25, -0.2) is 4.98 Å². The molecular formula is C17H23N3O3. The molecule has 1 aromatic carbocycles. The molecule has 0 bridgehead atoms. The minimum absolute atomic E-state index is 0.00845. The number of benzene rings is 1. The molecule has 0 aliphatic heterocycles. The molecular weight excluding hydrogens is 294 g/mol. The normalized spacial score (nSPS) is 21.5. The average Bonchev–Trinajstić information content (AvgIpc) is 2.90. The minimum Gasteiger partial charge on any atom is -0.393 e. The standard InChI is InChI=1S/C17H23N3O3/c1-23-11-10-20-15-5-3-2-4-14(15)18-17(20)19-16(22)12-6-8-13(21)9-7-12/h2-5,12-13,21H,6-11H2,1H3,(H,18,19,22). The molecule has 3 rings (SSSR count). The zero-order valence-corrected chi connectivity index (χ0v) is 13.4. The Kier molecular flexibility index (Phi) is 4.93. The molecule has 2 aromatic rings. The lowest BCUT2D eigenvalue weighted by atomic mass is 9.87. The maximum absolute atomic E-state index is 12.5. The van der Waals surface area contributed by atoms with Crippen LogP contribution in [0.3, 0.4) is 0 Å². The van der Waals surface area contributed by atoms with Crippen LogP contribution in [0.5, 0.6) is 0 Å². The van der Waals surface area contributed by atoms with Crippen molar-refractivity contribution in [3.8, 4) is 0 Å². The van der Waals surface area contributed by atoms with Gasteiger partial charge < -0.3 is 14.4 Å². The highest BCUT2D eigenvalue weighted by atomic mass is 16.5. The summed E-state index contributed by atoms with van der Waals surface area (Å²) in [5.41, 5.74) is 1.84. The van der Waals surface area contributed by atoms with Crippen LogP contribution in [0.1, 0.15) is 25.7 Å². The van der Waals surface area contributed by atoms with Crippen LogP contribution >= 0.6 is 0 Å². The minimum atomic E-state index is -0.259. The Morgan fingerprint density at radius 2 is 2.09 bits per heavy atom. The number of amides is 1.